The predicted molar refractivity (Wildman–Crippen MR) is 83.1 cm³/mol. The molecule has 6 nitrogen and oxygen atoms in total. The number of carbonyl (C=O) groups excluding carboxylic acids is 2. The molecule has 1 atom stereocenters. The van der Waals surface area contributed by atoms with Crippen LogP contribution in [0.25, 0.3) is 0 Å². The molecule has 1 aliphatic rings. The van der Waals surface area contributed by atoms with Crippen LogP contribution in [0, 0.1) is 0 Å². The van der Waals surface area contributed by atoms with Crippen LogP contribution in [0.4, 0.5) is 5.69 Å². The van der Waals surface area contributed by atoms with Gasteiger partial charge in [-0.1, -0.05) is 11.6 Å². The molecule has 1 unspecified atom stereocenters. The third-order valence-corrected chi connectivity index (χ3v) is 3.28. The van der Waals surface area contributed by atoms with Gasteiger partial charge in [0.25, 0.3) is 0 Å². The summed E-state index contributed by atoms with van der Waals surface area (Å²) in [4.78, 5) is 23.1. The molecule has 0 radical (unpaired) electrons. The normalized spacial score (nSPS) is 17.7. The molecule has 1 aromatic rings. The second-order valence-electron chi connectivity index (χ2n) is 4.54. The van der Waals surface area contributed by atoms with Gasteiger partial charge in [-0.15, -0.1) is 12.4 Å². The summed E-state index contributed by atoms with van der Waals surface area (Å²) < 4.78 is 5.28. The first-order valence-corrected chi connectivity index (χ1v) is 6.64. The number of anilines is 1. The van der Waals surface area contributed by atoms with E-state index in [2.05, 4.69) is 10.6 Å². The number of nitrogens with one attached hydrogen (secondary N) is 2. The van der Waals surface area contributed by atoms with Crippen LogP contribution in [0.3, 0.4) is 0 Å². The van der Waals surface area contributed by atoms with Crippen LogP contribution in [-0.4, -0.2) is 37.6 Å². The third-order valence-electron chi connectivity index (χ3n) is 2.95. The molecule has 0 aromatic heterocycles. The van der Waals surface area contributed by atoms with Gasteiger partial charge in [-0.2, -0.15) is 0 Å². The molecule has 0 saturated carbocycles. The van der Waals surface area contributed by atoms with Gasteiger partial charge in [0.2, 0.25) is 11.8 Å². The Labute approximate surface area is 133 Å². The molecule has 116 valence electrons. The van der Waals surface area contributed by atoms with Crippen molar-refractivity contribution in [2.24, 2.45) is 5.73 Å². The molecular weight excluding hydrogens is 317 g/mol. The summed E-state index contributed by atoms with van der Waals surface area (Å²) in [5.41, 5.74) is 5.88. The number of nitrogens with two attached hydrogens (primary N) is 1. The van der Waals surface area contributed by atoms with Crippen LogP contribution >= 0.6 is 24.0 Å². The second-order valence-corrected chi connectivity index (χ2v) is 4.94. The average Bonchev–Trinajstić information content (AvgIpc) is 2.41. The summed E-state index contributed by atoms with van der Waals surface area (Å²) in [6, 6.07) is 4.62. The standard InChI is InChI=1S/C13H16ClN3O3.ClH/c14-11-2-1-8(5-10(11)13(15)19)17-12(18)6-9-7-20-4-3-16-9;/h1-2,5,9,16H,3-4,6-7H2,(H2,15,19)(H,17,18);1H. The summed E-state index contributed by atoms with van der Waals surface area (Å²) in [7, 11) is 0. The number of ether oxygens (including phenoxy) is 1. The lowest BCUT2D eigenvalue weighted by molar-refractivity contribution is -0.117. The minimum absolute atomic E-state index is 0. The van der Waals surface area contributed by atoms with Crippen molar-refractivity contribution in [2.45, 2.75) is 12.5 Å². The lowest BCUT2D eigenvalue weighted by Crippen LogP contribution is -2.43. The maximum absolute atomic E-state index is 11.9. The number of rotatable bonds is 4. The van der Waals surface area contributed by atoms with Gasteiger partial charge >= 0.3 is 0 Å². The van der Waals surface area contributed by atoms with Gasteiger partial charge in [-0.3, -0.25) is 9.59 Å². The monoisotopic (exact) mass is 333 g/mol. The minimum atomic E-state index is -0.631. The first-order chi connectivity index (χ1) is 9.56. The summed E-state index contributed by atoms with van der Waals surface area (Å²) in [6.45, 7) is 1.92. The zero-order chi connectivity index (χ0) is 14.5. The van der Waals surface area contributed by atoms with Crippen LogP contribution in [0.2, 0.25) is 5.02 Å². The fourth-order valence-electron chi connectivity index (χ4n) is 1.98. The zero-order valence-electron chi connectivity index (χ0n) is 11.2. The zero-order valence-corrected chi connectivity index (χ0v) is 12.8. The highest BCUT2D eigenvalue weighted by Crippen LogP contribution is 2.20. The highest BCUT2D eigenvalue weighted by Gasteiger charge is 2.17. The van der Waals surface area contributed by atoms with Gasteiger partial charge < -0.3 is 21.1 Å². The van der Waals surface area contributed by atoms with Crippen molar-refractivity contribution in [1.82, 2.24) is 5.32 Å². The number of primary amides is 1. The topological polar surface area (TPSA) is 93.5 Å². The highest BCUT2D eigenvalue weighted by atomic mass is 35.5. The van der Waals surface area contributed by atoms with Crippen molar-refractivity contribution in [2.75, 3.05) is 25.1 Å². The molecule has 8 heteroatoms. The molecule has 1 saturated heterocycles. The van der Waals surface area contributed by atoms with Crippen molar-refractivity contribution >= 4 is 41.5 Å². The van der Waals surface area contributed by atoms with Crippen LogP contribution < -0.4 is 16.4 Å². The van der Waals surface area contributed by atoms with Crippen LogP contribution in [0.15, 0.2) is 18.2 Å². The SMILES string of the molecule is Cl.NC(=O)c1cc(NC(=O)CC2COCCN2)ccc1Cl. The fourth-order valence-corrected chi connectivity index (χ4v) is 2.19. The fraction of sp³-hybridized carbons (Fsp3) is 0.385. The Kier molecular flexibility index (Phi) is 6.91. The predicted octanol–water partition coefficient (Wildman–Crippen LogP) is 1.18. The summed E-state index contributed by atoms with van der Waals surface area (Å²) >= 11 is 5.84. The molecule has 1 heterocycles. The Morgan fingerprint density at radius 3 is 2.86 bits per heavy atom. The van der Waals surface area contributed by atoms with Crippen molar-refractivity contribution < 1.29 is 14.3 Å². The van der Waals surface area contributed by atoms with Crippen LogP contribution in [0.1, 0.15) is 16.8 Å². The van der Waals surface area contributed by atoms with Crippen LogP contribution in [-0.2, 0) is 9.53 Å². The van der Waals surface area contributed by atoms with E-state index in [0.29, 0.717) is 25.3 Å². The van der Waals surface area contributed by atoms with Crippen molar-refractivity contribution in [1.29, 1.82) is 0 Å². The van der Waals surface area contributed by atoms with Gasteiger partial charge in [-0.05, 0) is 18.2 Å². The lowest BCUT2D eigenvalue weighted by Gasteiger charge is -2.23. The van der Waals surface area contributed by atoms with E-state index < -0.39 is 5.91 Å². The van der Waals surface area contributed by atoms with Gasteiger partial charge in [0.15, 0.2) is 0 Å². The largest absolute Gasteiger partial charge is 0.378 e. The number of morpholine rings is 1. The first-order valence-electron chi connectivity index (χ1n) is 6.26. The van der Waals surface area contributed by atoms with Crippen molar-refractivity contribution in [3.05, 3.63) is 28.8 Å². The van der Waals surface area contributed by atoms with E-state index in [4.69, 9.17) is 22.1 Å². The summed E-state index contributed by atoms with van der Waals surface area (Å²) in [5.74, 6) is -0.792. The van der Waals surface area contributed by atoms with E-state index >= 15 is 0 Å². The molecule has 1 aliphatic heterocycles. The molecular formula is C13H17Cl2N3O3. The van der Waals surface area contributed by atoms with Crippen molar-refractivity contribution in [3.8, 4) is 0 Å². The first kappa shape index (κ1) is 17.7. The maximum Gasteiger partial charge on any atom is 0.250 e. The van der Waals surface area contributed by atoms with E-state index in [1.807, 2.05) is 0 Å². The maximum atomic E-state index is 11.9. The quantitative estimate of drug-likeness (QED) is 0.771. The summed E-state index contributed by atoms with van der Waals surface area (Å²) in [5, 5.41) is 6.17. The molecule has 2 rings (SSSR count). The van der Waals surface area contributed by atoms with Gasteiger partial charge in [0.1, 0.15) is 0 Å². The Balaban J connectivity index is 0.00000220. The van der Waals surface area contributed by atoms with Gasteiger partial charge in [0, 0.05) is 24.7 Å². The van der Waals surface area contributed by atoms with Gasteiger partial charge in [-0.25, -0.2) is 0 Å². The Hall–Kier alpha value is -1.34. The molecule has 0 aliphatic carbocycles. The van der Waals surface area contributed by atoms with E-state index in [-0.39, 0.29) is 34.9 Å². The molecule has 0 spiro atoms. The van der Waals surface area contributed by atoms with Crippen molar-refractivity contribution in [3.63, 3.8) is 0 Å². The highest BCUT2D eigenvalue weighted by molar-refractivity contribution is 6.33. The molecule has 1 aromatic carbocycles. The lowest BCUT2D eigenvalue weighted by atomic mass is 10.1. The van der Waals surface area contributed by atoms with E-state index in [0.717, 1.165) is 6.54 Å². The van der Waals surface area contributed by atoms with E-state index in [9.17, 15) is 9.59 Å². The number of benzene rings is 1. The Morgan fingerprint density at radius 2 is 2.24 bits per heavy atom. The molecule has 0 bridgehead atoms. The van der Waals surface area contributed by atoms with E-state index in [1.165, 1.54) is 12.1 Å². The third kappa shape index (κ3) is 5.17. The average molecular weight is 334 g/mol. The Morgan fingerprint density at radius 1 is 1.48 bits per heavy atom. The molecule has 4 N–H and O–H groups in total. The van der Waals surface area contributed by atoms with Gasteiger partial charge in [0.05, 0.1) is 23.8 Å². The van der Waals surface area contributed by atoms with E-state index in [1.54, 1.807) is 6.07 Å². The second kappa shape index (κ2) is 8.19. The number of halogens is 2. The number of amides is 2. The Bertz CT molecular complexity index is 519. The smallest absolute Gasteiger partial charge is 0.250 e. The minimum Gasteiger partial charge on any atom is -0.378 e. The molecule has 2 amide bonds. The summed E-state index contributed by atoms with van der Waals surface area (Å²) in [6.07, 6.45) is 0.300. The number of hydrogen-bond donors (Lipinski definition) is 3. The number of hydrogen-bond acceptors (Lipinski definition) is 4. The molecule has 21 heavy (non-hydrogen) atoms. The van der Waals surface area contributed by atoms with Crippen LogP contribution in [0.5, 0.6) is 0 Å². The number of carbonyl (C=O) groups is 2. The molecule has 1 fully saturated rings.